The number of carbonyl (C=O) groups excluding carboxylic acids is 1. The molecule has 2 aliphatic heterocycles. The number of nitrogens with zero attached hydrogens (tertiary/aromatic N) is 2. The molecule has 6 nitrogen and oxygen atoms in total. The minimum Gasteiger partial charge on any atom is -0.368 e. The van der Waals surface area contributed by atoms with Crippen molar-refractivity contribution in [2.45, 2.75) is 32.2 Å². The fraction of sp³-hybridized carbons (Fsp3) is 0.533. The van der Waals surface area contributed by atoms with Crippen molar-refractivity contribution in [3.8, 4) is 0 Å². The van der Waals surface area contributed by atoms with Gasteiger partial charge in [-0.15, -0.1) is 0 Å². The van der Waals surface area contributed by atoms with Crippen LogP contribution in [0.4, 0.5) is 5.69 Å². The van der Waals surface area contributed by atoms with E-state index >= 15 is 0 Å². The summed E-state index contributed by atoms with van der Waals surface area (Å²) in [6.07, 6.45) is 2.22. The maximum atomic E-state index is 13.1. The van der Waals surface area contributed by atoms with Crippen molar-refractivity contribution in [2.75, 3.05) is 17.4 Å². The number of primary amides is 1. The molecule has 1 amide bonds. The van der Waals surface area contributed by atoms with Gasteiger partial charge in [0.25, 0.3) is 0 Å². The molecule has 2 heterocycles. The summed E-state index contributed by atoms with van der Waals surface area (Å²) in [6.45, 7) is 3.04. The molecule has 0 aliphatic carbocycles. The van der Waals surface area contributed by atoms with Crippen LogP contribution in [0.5, 0.6) is 0 Å². The zero-order valence-electron chi connectivity index (χ0n) is 12.6. The topological polar surface area (TPSA) is 83.7 Å². The van der Waals surface area contributed by atoms with Gasteiger partial charge in [0.05, 0.1) is 5.69 Å². The number of rotatable bonds is 3. The number of amides is 1. The van der Waals surface area contributed by atoms with Gasteiger partial charge in [0.2, 0.25) is 5.91 Å². The van der Waals surface area contributed by atoms with E-state index in [0.29, 0.717) is 31.1 Å². The molecule has 0 bridgehead atoms. The first-order chi connectivity index (χ1) is 10.4. The Bertz CT molecular complexity index is 689. The molecule has 0 radical (unpaired) electrons. The highest BCUT2D eigenvalue weighted by molar-refractivity contribution is 7.90. The Morgan fingerprint density at radius 1 is 1.32 bits per heavy atom. The molecule has 2 N–H and O–H groups in total. The molecule has 1 fully saturated rings. The lowest BCUT2D eigenvalue weighted by atomic mass is 10.0. The Kier molecular flexibility index (Phi) is 3.86. The highest BCUT2D eigenvalue weighted by atomic mass is 32.2. The van der Waals surface area contributed by atoms with E-state index in [2.05, 4.69) is 0 Å². The van der Waals surface area contributed by atoms with Crippen molar-refractivity contribution < 1.29 is 13.2 Å². The summed E-state index contributed by atoms with van der Waals surface area (Å²) < 4.78 is 28.8. The first kappa shape index (κ1) is 15.3. The van der Waals surface area contributed by atoms with Crippen LogP contribution >= 0.6 is 0 Å². The lowest BCUT2D eigenvalue weighted by Gasteiger charge is -2.35. The van der Waals surface area contributed by atoms with Crippen LogP contribution in [0.2, 0.25) is 0 Å². The van der Waals surface area contributed by atoms with Crippen molar-refractivity contribution in [3.05, 3.63) is 29.8 Å². The van der Waals surface area contributed by atoms with Gasteiger partial charge in [-0.1, -0.05) is 25.1 Å². The van der Waals surface area contributed by atoms with Crippen molar-refractivity contribution in [3.63, 3.8) is 0 Å². The van der Waals surface area contributed by atoms with Crippen LogP contribution in [0, 0.1) is 5.92 Å². The third-order valence-corrected chi connectivity index (χ3v) is 6.38. The van der Waals surface area contributed by atoms with Crippen LogP contribution in [0.15, 0.2) is 24.3 Å². The Morgan fingerprint density at radius 2 is 2.05 bits per heavy atom. The highest BCUT2D eigenvalue weighted by Gasteiger charge is 2.43. The smallest absolute Gasteiger partial charge is 0.304 e. The van der Waals surface area contributed by atoms with E-state index in [-0.39, 0.29) is 0 Å². The fourth-order valence-corrected chi connectivity index (χ4v) is 5.32. The van der Waals surface area contributed by atoms with Gasteiger partial charge in [-0.2, -0.15) is 12.7 Å². The van der Waals surface area contributed by atoms with Gasteiger partial charge in [-0.3, -0.25) is 4.79 Å². The molecule has 2 atom stereocenters. The number of piperidine rings is 1. The highest BCUT2D eigenvalue weighted by Crippen LogP contribution is 2.36. The van der Waals surface area contributed by atoms with Crippen molar-refractivity contribution in [1.29, 1.82) is 0 Å². The number of nitrogens with two attached hydrogens (primary N) is 1. The number of hydrogen-bond acceptors (Lipinski definition) is 3. The van der Waals surface area contributed by atoms with E-state index in [0.717, 1.165) is 18.4 Å². The molecule has 7 heteroatoms. The van der Waals surface area contributed by atoms with Crippen LogP contribution in [0.1, 0.15) is 25.3 Å². The average Bonchev–Trinajstić information content (AvgIpc) is 2.87. The van der Waals surface area contributed by atoms with Gasteiger partial charge >= 0.3 is 10.2 Å². The SMILES string of the molecule is CC1CCCN(S(=O)(=O)N2c3ccccc3C[C@H]2C(N)=O)C1. The van der Waals surface area contributed by atoms with Crippen molar-refractivity contribution >= 4 is 21.8 Å². The minimum atomic E-state index is -3.74. The second-order valence-corrected chi connectivity index (χ2v) is 7.97. The van der Waals surface area contributed by atoms with Crippen molar-refractivity contribution in [2.24, 2.45) is 11.7 Å². The lowest BCUT2D eigenvalue weighted by Crippen LogP contribution is -2.53. The van der Waals surface area contributed by atoms with Crippen LogP contribution in [0.25, 0.3) is 0 Å². The van der Waals surface area contributed by atoms with E-state index in [1.807, 2.05) is 19.1 Å². The summed E-state index contributed by atoms with van der Waals surface area (Å²) in [4.78, 5) is 11.8. The number of para-hydroxylation sites is 1. The third-order valence-electron chi connectivity index (χ3n) is 4.45. The number of carbonyl (C=O) groups is 1. The largest absolute Gasteiger partial charge is 0.368 e. The Balaban J connectivity index is 2.01. The quantitative estimate of drug-likeness (QED) is 0.896. The monoisotopic (exact) mass is 323 g/mol. The van der Waals surface area contributed by atoms with Gasteiger partial charge in [0.15, 0.2) is 0 Å². The van der Waals surface area contributed by atoms with E-state index in [1.54, 1.807) is 12.1 Å². The molecule has 22 heavy (non-hydrogen) atoms. The molecular formula is C15H21N3O3S. The summed E-state index contributed by atoms with van der Waals surface area (Å²) in [5.41, 5.74) is 6.88. The average molecular weight is 323 g/mol. The minimum absolute atomic E-state index is 0.327. The molecular weight excluding hydrogens is 302 g/mol. The summed E-state index contributed by atoms with van der Waals surface area (Å²) in [5.74, 6) is -0.279. The van der Waals surface area contributed by atoms with Crippen molar-refractivity contribution in [1.82, 2.24) is 4.31 Å². The second-order valence-electron chi connectivity index (χ2n) is 6.16. The van der Waals surface area contributed by atoms with Crippen LogP contribution in [0.3, 0.4) is 0 Å². The van der Waals surface area contributed by atoms with Gasteiger partial charge in [-0.05, 0) is 30.4 Å². The number of fused-ring (bicyclic) bond motifs is 1. The molecule has 1 aromatic carbocycles. The Hall–Kier alpha value is -1.60. The molecule has 2 aliphatic rings. The molecule has 1 aromatic rings. The van der Waals surface area contributed by atoms with Gasteiger partial charge in [0.1, 0.15) is 6.04 Å². The second kappa shape index (κ2) is 5.55. The van der Waals surface area contributed by atoms with E-state index < -0.39 is 22.2 Å². The number of anilines is 1. The molecule has 0 aromatic heterocycles. The van der Waals surface area contributed by atoms with Gasteiger partial charge in [-0.25, -0.2) is 4.31 Å². The number of hydrogen-bond donors (Lipinski definition) is 1. The standard InChI is InChI=1S/C15H21N3O3S/c1-11-5-4-8-17(10-11)22(20,21)18-13-7-3-2-6-12(13)9-14(18)15(16)19/h2-3,6-7,11,14H,4-5,8-10H2,1H3,(H2,16,19)/t11?,14-/m0/s1. The summed E-state index contributed by atoms with van der Waals surface area (Å²) >= 11 is 0. The zero-order chi connectivity index (χ0) is 15.9. The predicted octanol–water partition coefficient (Wildman–Crippen LogP) is 0.880. The molecule has 0 saturated carbocycles. The Morgan fingerprint density at radius 3 is 2.73 bits per heavy atom. The maximum absolute atomic E-state index is 13.1. The Labute approximate surface area is 131 Å². The molecule has 3 rings (SSSR count). The lowest BCUT2D eigenvalue weighted by molar-refractivity contribution is -0.118. The van der Waals surface area contributed by atoms with Gasteiger partial charge in [0, 0.05) is 19.5 Å². The molecule has 1 saturated heterocycles. The van der Waals surface area contributed by atoms with Crippen LogP contribution in [-0.2, 0) is 21.4 Å². The summed E-state index contributed by atoms with van der Waals surface area (Å²) in [6, 6.07) is 6.38. The van der Waals surface area contributed by atoms with E-state index in [9.17, 15) is 13.2 Å². The first-order valence-corrected chi connectivity index (χ1v) is 8.97. The maximum Gasteiger partial charge on any atom is 0.304 e. The van der Waals surface area contributed by atoms with E-state index in [4.69, 9.17) is 5.73 Å². The number of benzene rings is 1. The summed E-state index contributed by atoms with van der Waals surface area (Å²) in [7, 11) is -3.74. The predicted molar refractivity (Wildman–Crippen MR) is 84.5 cm³/mol. The molecule has 1 unspecified atom stereocenters. The first-order valence-electron chi connectivity index (χ1n) is 7.58. The van der Waals surface area contributed by atoms with Gasteiger partial charge < -0.3 is 5.73 Å². The van der Waals surface area contributed by atoms with E-state index in [1.165, 1.54) is 8.61 Å². The van der Waals surface area contributed by atoms with Crippen LogP contribution in [-0.4, -0.2) is 37.8 Å². The van der Waals surface area contributed by atoms with Crippen LogP contribution < -0.4 is 10.0 Å². The third kappa shape index (κ3) is 2.48. The fourth-order valence-electron chi connectivity index (χ4n) is 3.34. The zero-order valence-corrected chi connectivity index (χ0v) is 13.4. The summed E-state index contributed by atoms with van der Waals surface area (Å²) in [5, 5.41) is 0. The molecule has 120 valence electrons. The molecule has 0 spiro atoms. The normalized spacial score (nSPS) is 26.0.